The maximum atomic E-state index is 5.61. The summed E-state index contributed by atoms with van der Waals surface area (Å²) in [6, 6.07) is 9.43. The van der Waals surface area contributed by atoms with Crippen molar-refractivity contribution >= 4 is 0 Å². The van der Waals surface area contributed by atoms with Crippen LogP contribution in [0.3, 0.4) is 0 Å². The van der Waals surface area contributed by atoms with Crippen molar-refractivity contribution in [2.45, 2.75) is 13.0 Å². The first-order valence-corrected chi connectivity index (χ1v) is 4.42. The maximum absolute atomic E-state index is 5.61. The Morgan fingerprint density at radius 3 is 2.57 bits per heavy atom. The van der Waals surface area contributed by atoms with Crippen molar-refractivity contribution < 1.29 is 4.52 Å². The third-order valence-electron chi connectivity index (χ3n) is 1.86. The summed E-state index contributed by atoms with van der Waals surface area (Å²) < 4.78 is 4.99. The number of hydrogen-bond donors (Lipinski definition) is 1. The van der Waals surface area contributed by atoms with Crippen molar-refractivity contribution in [3.05, 3.63) is 36.2 Å². The van der Waals surface area contributed by atoms with Gasteiger partial charge in [-0.05, 0) is 6.92 Å². The van der Waals surface area contributed by atoms with Gasteiger partial charge in [0.05, 0.1) is 6.04 Å². The molecule has 0 aliphatic rings. The zero-order chi connectivity index (χ0) is 9.97. The lowest BCUT2D eigenvalue weighted by Crippen LogP contribution is -2.04. The summed E-state index contributed by atoms with van der Waals surface area (Å²) in [7, 11) is 0. The van der Waals surface area contributed by atoms with Crippen molar-refractivity contribution in [1.29, 1.82) is 0 Å². The van der Waals surface area contributed by atoms with Gasteiger partial charge in [-0.25, -0.2) is 0 Å². The fourth-order valence-corrected chi connectivity index (χ4v) is 1.12. The van der Waals surface area contributed by atoms with E-state index in [4.69, 9.17) is 10.3 Å². The number of hydrogen-bond acceptors (Lipinski definition) is 4. The predicted molar refractivity (Wildman–Crippen MR) is 52.3 cm³/mol. The van der Waals surface area contributed by atoms with Gasteiger partial charge in [-0.3, -0.25) is 0 Å². The van der Waals surface area contributed by atoms with Crippen LogP contribution in [0.15, 0.2) is 34.9 Å². The largest absolute Gasteiger partial charge is 0.337 e. The number of benzene rings is 1. The summed E-state index contributed by atoms with van der Waals surface area (Å²) in [6.07, 6.45) is 0. The van der Waals surface area contributed by atoms with Gasteiger partial charge in [0.25, 0.3) is 0 Å². The number of aromatic nitrogens is 2. The van der Waals surface area contributed by atoms with E-state index in [1.54, 1.807) is 0 Å². The van der Waals surface area contributed by atoms with Crippen molar-refractivity contribution in [3.8, 4) is 11.4 Å². The van der Waals surface area contributed by atoms with Crippen molar-refractivity contribution in [2.75, 3.05) is 0 Å². The lowest BCUT2D eigenvalue weighted by Gasteiger charge is -1.93. The Morgan fingerprint density at radius 2 is 2.00 bits per heavy atom. The second-order valence-corrected chi connectivity index (χ2v) is 3.11. The first-order chi connectivity index (χ1) is 6.77. The van der Waals surface area contributed by atoms with Gasteiger partial charge in [-0.1, -0.05) is 35.5 Å². The minimum absolute atomic E-state index is 0.222. The molecule has 1 atom stereocenters. The van der Waals surface area contributed by atoms with E-state index in [0.717, 1.165) is 5.56 Å². The second-order valence-electron chi connectivity index (χ2n) is 3.11. The molecule has 0 saturated carbocycles. The molecule has 0 spiro atoms. The molecular formula is C10H11N3O. The van der Waals surface area contributed by atoms with Gasteiger partial charge in [-0.15, -0.1) is 0 Å². The zero-order valence-electron chi connectivity index (χ0n) is 7.84. The SMILES string of the molecule is C[C@@H](N)c1nc(-c2ccccc2)no1. The van der Waals surface area contributed by atoms with Crippen LogP contribution in [-0.2, 0) is 0 Å². The van der Waals surface area contributed by atoms with Crippen LogP contribution < -0.4 is 5.73 Å². The molecule has 2 N–H and O–H groups in total. The minimum atomic E-state index is -0.222. The molecule has 2 rings (SSSR count). The third-order valence-corrected chi connectivity index (χ3v) is 1.86. The van der Waals surface area contributed by atoms with E-state index in [1.165, 1.54) is 0 Å². The van der Waals surface area contributed by atoms with Crippen LogP contribution in [0.4, 0.5) is 0 Å². The van der Waals surface area contributed by atoms with Gasteiger partial charge in [0, 0.05) is 5.56 Å². The molecular weight excluding hydrogens is 178 g/mol. The average molecular weight is 189 g/mol. The van der Waals surface area contributed by atoms with Gasteiger partial charge < -0.3 is 10.3 Å². The van der Waals surface area contributed by atoms with Crippen molar-refractivity contribution in [2.24, 2.45) is 5.73 Å². The number of nitrogens with two attached hydrogens (primary N) is 1. The normalized spacial score (nSPS) is 12.7. The predicted octanol–water partition coefficient (Wildman–Crippen LogP) is 1.76. The quantitative estimate of drug-likeness (QED) is 0.781. The fraction of sp³-hybridized carbons (Fsp3) is 0.200. The van der Waals surface area contributed by atoms with Crippen LogP contribution in [0.25, 0.3) is 11.4 Å². The topological polar surface area (TPSA) is 64.9 Å². The first-order valence-electron chi connectivity index (χ1n) is 4.42. The Hall–Kier alpha value is -1.68. The van der Waals surface area contributed by atoms with E-state index in [9.17, 15) is 0 Å². The van der Waals surface area contributed by atoms with Crippen LogP contribution >= 0.6 is 0 Å². The highest BCUT2D eigenvalue weighted by Crippen LogP contribution is 2.16. The Kier molecular flexibility index (Phi) is 2.28. The van der Waals surface area contributed by atoms with E-state index < -0.39 is 0 Å². The van der Waals surface area contributed by atoms with E-state index in [1.807, 2.05) is 37.3 Å². The highest BCUT2D eigenvalue weighted by molar-refractivity contribution is 5.53. The molecule has 0 saturated heterocycles. The van der Waals surface area contributed by atoms with Gasteiger partial charge in [-0.2, -0.15) is 4.98 Å². The molecule has 0 amide bonds. The molecule has 2 aromatic rings. The highest BCUT2D eigenvalue weighted by Gasteiger charge is 2.10. The summed E-state index contributed by atoms with van der Waals surface area (Å²) in [5, 5.41) is 3.84. The molecule has 0 radical (unpaired) electrons. The molecule has 0 unspecified atom stereocenters. The monoisotopic (exact) mass is 189 g/mol. The van der Waals surface area contributed by atoms with E-state index >= 15 is 0 Å². The number of nitrogens with zero attached hydrogens (tertiary/aromatic N) is 2. The van der Waals surface area contributed by atoms with Gasteiger partial charge in [0.1, 0.15) is 0 Å². The Balaban J connectivity index is 2.34. The van der Waals surface area contributed by atoms with Gasteiger partial charge >= 0.3 is 0 Å². The van der Waals surface area contributed by atoms with Gasteiger partial charge in [0.2, 0.25) is 11.7 Å². The Labute approximate surface area is 81.7 Å². The molecule has 14 heavy (non-hydrogen) atoms. The van der Waals surface area contributed by atoms with Crippen LogP contribution in [0.2, 0.25) is 0 Å². The van der Waals surface area contributed by atoms with Crippen LogP contribution in [-0.4, -0.2) is 10.1 Å². The molecule has 72 valence electrons. The van der Waals surface area contributed by atoms with Crippen LogP contribution in [0, 0.1) is 0 Å². The number of rotatable bonds is 2. The van der Waals surface area contributed by atoms with Crippen LogP contribution in [0.1, 0.15) is 18.9 Å². The van der Waals surface area contributed by atoms with Crippen molar-refractivity contribution in [1.82, 2.24) is 10.1 Å². The van der Waals surface area contributed by atoms with Crippen LogP contribution in [0.5, 0.6) is 0 Å². The third kappa shape index (κ3) is 1.65. The summed E-state index contributed by atoms with van der Waals surface area (Å²) in [5.74, 6) is 1.04. The lowest BCUT2D eigenvalue weighted by atomic mass is 10.2. The molecule has 1 aromatic heterocycles. The van der Waals surface area contributed by atoms with E-state index in [0.29, 0.717) is 11.7 Å². The average Bonchev–Trinajstić information content (AvgIpc) is 2.68. The smallest absolute Gasteiger partial charge is 0.243 e. The Bertz CT molecular complexity index is 408. The van der Waals surface area contributed by atoms with Crippen molar-refractivity contribution in [3.63, 3.8) is 0 Å². The zero-order valence-corrected chi connectivity index (χ0v) is 7.84. The fourth-order valence-electron chi connectivity index (χ4n) is 1.12. The molecule has 0 aliphatic carbocycles. The highest BCUT2D eigenvalue weighted by atomic mass is 16.5. The van der Waals surface area contributed by atoms with E-state index in [-0.39, 0.29) is 6.04 Å². The maximum Gasteiger partial charge on any atom is 0.243 e. The molecule has 1 aromatic carbocycles. The summed E-state index contributed by atoms with van der Waals surface area (Å²) in [4.78, 5) is 4.18. The second kappa shape index (κ2) is 3.59. The molecule has 0 bridgehead atoms. The molecule has 1 heterocycles. The standard InChI is InChI=1S/C10H11N3O/c1-7(11)10-12-9(13-14-10)8-5-3-2-4-6-8/h2-7H,11H2,1H3/t7-/m1/s1. The summed E-state index contributed by atoms with van der Waals surface area (Å²) >= 11 is 0. The van der Waals surface area contributed by atoms with E-state index in [2.05, 4.69) is 10.1 Å². The minimum Gasteiger partial charge on any atom is -0.337 e. The molecule has 0 fully saturated rings. The molecule has 4 heteroatoms. The Morgan fingerprint density at radius 1 is 1.29 bits per heavy atom. The molecule has 4 nitrogen and oxygen atoms in total. The summed E-state index contributed by atoms with van der Waals surface area (Å²) in [6.45, 7) is 1.81. The summed E-state index contributed by atoms with van der Waals surface area (Å²) in [5.41, 5.74) is 6.54. The van der Waals surface area contributed by atoms with Gasteiger partial charge in [0.15, 0.2) is 0 Å². The molecule has 0 aliphatic heterocycles. The lowest BCUT2D eigenvalue weighted by molar-refractivity contribution is 0.362. The first kappa shape index (κ1) is 8.90.